The van der Waals surface area contributed by atoms with E-state index in [9.17, 15) is 19.2 Å². The molecule has 0 aromatic carbocycles. The van der Waals surface area contributed by atoms with Gasteiger partial charge in [-0.25, -0.2) is 9.59 Å². The zero-order valence-electron chi connectivity index (χ0n) is 28.0. The number of fused-ring (bicyclic) bond motifs is 4. The summed E-state index contributed by atoms with van der Waals surface area (Å²) in [6.07, 6.45) is 13.4. The SMILES string of the molecule is CCN1CCCCCn2c(C)cc(=O)n(c2=O)CCCCCN(CC)CCCCCn2cc(C)c(=O)n(c2=O)CCCCC1. The lowest BCUT2D eigenvalue weighted by atomic mass is 10.2. The molecule has 2 aromatic heterocycles. The van der Waals surface area contributed by atoms with Gasteiger partial charge >= 0.3 is 11.4 Å². The van der Waals surface area contributed by atoms with E-state index in [1.165, 1.54) is 9.13 Å². The third kappa shape index (κ3) is 10.7. The van der Waals surface area contributed by atoms with Crippen LogP contribution in [0.15, 0.2) is 31.4 Å². The monoisotopic (exact) mass is 614 g/mol. The van der Waals surface area contributed by atoms with Crippen LogP contribution in [0.1, 0.15) is 102 Å². The molecule has 248 valence electrons. The van der Waals surface area contributed by atoms with Gasteiger partial charge in [0, 0.05) is 49.7 Å². The van der Waals surface area contributed by atoms with Crippen LogP contribution in [0.4, 0.5) is 0 Å². The van der Waals surface area contributed by atoms with E-state index >= 15 is 0 Å². The molecule has 0 saturated heterocycles. The Balaban J connectivity index is 1.65. The molecule has 0 atom stereocenters. The Hall–Kier alpha value is -2.72. The molecule has 1 aliphatic heterocycles. The fourth-order valence-corrected chi connectivity index (χ4v) is 6.36. The van der Waals surface area contributed by atoms with Gasteiger partial charge in [0.1, 0.15) is 0 Å². The van der Waals surface area contributed by atoms with E-state index < -0.39 is 0 Å². The molecule has 10 nitrogen and oxygen atoms in total. The molecule has 3 heterocycles. The third-order valence-corrected chi connectivity index (χ3v) is 9.23. The van der Waals surface area contributed by atoms with Crippen LogP contribution in [0.5, 0.6) is 0 Å². The minimum atomic E-state index is -0.187. The maximum absolute atomic E-state index is 13.2. The van der Waals surface area contributed by atoms with Gasteiger partial charge in [-0.1, -0.05) is 39.5 Å². The molecule has 0 spiro atoms. The van der Waals surface area contributed by atoms with E-state index in [1.54, 1.807) is 21.4 Å². The van der Waals surface area contributed by atoms with Crippen LogP contribution >= 0.6 is 0 Å². The molecule has 0 unspecified atom stereocenters. The van der Waals surface area contributed by atoms with Crippen molar-refractivity contribution < 1.29 is 0 Å². The highest BCUT2D eigenvalue weighted by Gasteiger charge is 2.12. The minimum absolute atomic E-state index is 0.157. The third-order valence-electron chi connectivity index (χ3n) is 9.23. The van der Waals surface area contributed by atoms with E-state index in [4.69, 9.17) is 0 Å². The Morgan fingerprint density at radius 2 is 0.955 bits per heavy atom. The number of hydrogen-bond donors (Lipinski definition) is 0. The zero-order chi connectivity index (χ0) is 31.9. The van der Waals surface area contributed by atoms with Crippen molar-refractivity contribution in [2.45, 2.75) is 131 Å². The zero-order valence-corrected chi connectivity index (χ0v) is 28.0. The van der Waals surface area contributed by atoms with Crippen LogP contribution in [0, 0.1) is 13.8 Å². The summed E-state index contributed by atoms with van der Waals surface area (Å²) in [6.45, 7) is 16.3. The second kappa shape index (κ2) is 18.9. The fourth-order valence-electron chi connectivity index (χ4n) is 6.36. The van der Waals surface area contributed by atoms with E-state index in [1.807, 2.05) is 13.8 Å². The van der Waals surface area contributed by atoms with Crippen LogP contribution < -0.4 is 22.5 Å². The van der Waals surface area contributed by atoms with Gasteiger partial charge in [0.25, 0.3) is 11.1 Å². The molecule has 44 heavy (non-hydrogen) atoms. The highest BCUT2D eigenvalue weighted by Crippen LogP contribution is 2.07. The van der Waals surface area contributed by atoms with Crippen LogP contribution in [-0.4, -0.2) is 67.3 Å². The lowest BCUT2D eigenvalue weighted by Crippen LogP contribution is -2.40. The van der Waals surface area contributed by atoms with Gasteiger partial charge in [-0.2, -0.15) is 0 Å². The Morgan fingerprint density at radius 1 is 0.523 bits per heavy atom. The molecule has 10 heteroatoms. The largest absolute Gasteiger partial charge is 0.331 e. The summed E-state index contributed by atoms with van der Waals surface area (Å²) in [7, 11) is 0. The standard InChI is InChI=1S/C34H58N6O4/c1-5-35-19-11-7-15-23-37-28-29(3)32(42)40(33(37)43)26-18-10-14-22-36(6-2)20-12-8-16-24-38-30(4)27-31(41)39(34(38)44)25-17-9-13-21-35/h27-28H,5-26H2,1-4H3. The number of aromatic nitrogens is 4. The highest BCUT2D eigenvalue weighted by molar-refractivity contribution is 5.03. The van der Waals surface area contributed by atoms with Gasteiger partial charge < -0.3 is 14.4 Å². The van der Waals surface area contributed by atoms with Crippen LogP contribution in [-0.2, 0) is 26.2 Å². The predicted octanol–water partition coefficient (Wildman–Crippen LogP) is 3.99. The smallest absolute Gasteiger partial charge is 0.304 e. The highest BCUT2D eigenvalue weighted by atomic mass is 16.2. The molecule has 0 N–H and O–H groups in total. The molecule has 4 bridgehead atoms. The Morgan fingerprint density at radius 3 is 1.45 bits per heavy atom. The van der Waals surface area contributed by atoms with E-state index in [0.29, 0.717) is 31.7 Å². The van der Waals surface area contributed by atoms with Crippen molar-refractivity contribution in [3.63, 3.8) is 0 Å². The van der Waals surface area contributed by atoms with Crippen molar-refractivity contribution in [3.05, 3.63) is 65.2 Å². The van der Waals surface area contributed by atoms with Crippen LogP contribution in [0.3, 0.4) is 0 Å². The number of hydrogen-bond acceptors (Lipinski definition) is 6. The van der Waals surface area contributed by atoms with Gasteiger partial charge in [-0.15, -0.1) is 0 Å². The fraction of sp³-hybridized carbons (Fsp3) is 0.765. The first-order chi connectivity index (χ1) is 21.3. The summed E-state index contributed by atoms with van der Waals surface area (Å²) in [5.74, 6) is 0. The summed E-state index contributed by atoms with van der Waals surface area (Å²) >= 11 is 0. The van der Waals surface area contributed by atoms with Gasteiger partial charge in [0.15, 0.2) is 0 Å². The molecule has 1 aliphatic rings. The quantitative estimate of drug-likeness (QED) is 0.508. The number of rotatable bonds is 2. The van der Waals surface area contributed by atoms with Gasteiger partial charge in [-0.05, 0) is 104 Å². The maximum atomic E-state index is 13.2. The maximum Gasteiger partial charge on any atom is 0.331 e. The first kappa shape index (κ1) is 35.8. The van der Waals surface area contributed by atoms with Gasteiger partial charge in [0.05, 0.1) is 0 Å². The number of nitrogens with zero attached hydrogens (tertiary/aromatic N) is 6. The van der Waals surface area contributed by atoms with Crippen molar-refractivity contribution in [2.75, 3.05) is 39.3 Å². The summed E-state index contributed by atoms with van der Waals surface area (Å²) in [6, 6.07) is 1.61. The van der Waals surface area contributed by atoms with Crippen molar-refractivity contribution in [3.8, 4) is 0 Å². The number of aryl methyl sites for hydroxylation is 3. The molecule has 3 rings (SSSR count). The Labute approximate surface area is 263 Å². The van der Waals surface area contributed by atoms with Crippen molar-refractivity contribution >= 4 is 0 Å². The normalized spacial score (nSPS) is 18.8. The van der Waals surface area contributed by atoms with E-state index in [0.717, 1.165) is 122 Å². The second-order valence-corrected chi connectivity index (χ2v) is 12.6. The molecule has 2 aromatic rings. The predicted molar refractivity (Wildman–Crippen MR) is 179 cm³/mol. The molecule has 0 fully saturated rings. The molecule has 0 amide bonds. The van der Waals surface area contributed by atoms with E-state index in [-0.39, 0.29) is 22.5 Å². The Kier molecular flexibility index (Phi) is 15.4. The minimum Gasteiger partial charge on any atom is -0.304 e. The summed E-state index contributed by atoms with van der Waals surface area (Å²) in [5, 5.41) is 0. The molecule has 0 saturated carbocycles. The van der Waals surface area contributed by atoms with Crippen molar-refractivity contribution in [1.29, 1.82) is 0 Å². The van der Waals surface area contributed by atoms with Crippen LogP contribution in [0.2, 0.25) is 0 Å². The van der Waals surface area contributed by atoms with Gasteiger partial charge in [-0.3, -0.25) is 23.3 Å². The van der Waals surface area contributed by atoms with Crippen LogP contribution in [0.25, 0.3) is 0 Å². The lowest BCUT2D eigenvalue weighted by molar-refractivity contribution is 0.271. The molecular weight excluding hydrogens is 556 g/mol. The lowest BCUT2D eigenvalue weighted by Gasteiger charge is -2.21. The summed E-state index contributed by atoms with van der Waals surface area (Å²) in [5.41, 5.74) is 0.695. The van der Waals surface area contributed by atoms with E-state index in [2.05, 4.69) is 23.6 Å². The molecular formula is C34H58N6O4. The topological polar surface area (TPSA) is 94.5 Å². The summed E-state index contributed by atoms with van der Waals surface area (Å²) in [4.78, 5) is 56.6. The first-order valence-electron chi connectivity index (χ1n) is 17.3. The van der Waals surface area contributed by atoms with Crippen molar-refractivity contribution in [1.82, 2.24) is 28.1 Å². The first-order valence-corrected chi connectivity index (χ1v) is 17.3. The average molecular weight is 615 g/mol. The second-order valence-electron chi connectivity index (χ2n) is 12.6. The van der Waals surface area contributed by atoms with Crippen molar-refractivity contribution in [2.24, 2.45) is 0 Å². The molecule has 0 aliphatic carbocycles. The average Bonchev–Trinajstić information content (AvgIpc) is 3.00. The molecule has 0 radical (unpaired) electrons. The Bertz CT molecular complexity index is 1390. The summed E-state index contributed by atoms with van der Waals surface area (Å²) < 4.78 is 6.38. The van der Waals surface area contributed by atoms with Gasteiger partial charge in [0.2, 0.25) is 0 Å².